The van der Waals surface area contributed by atoms with E-state index >= 15 is 0 Å². The summed E-state index contributed by atoms with van der Waals surface area (Å²) < 4.78 is 0. The van der Waals surface area contributed by atoms with Crippen molar-refractivity contribution in [2.45, 2.75) is 24.9 Å². The van der Waals surface area contributed by atoms with Gasteiger partial charge in [0.15, 0.2) is 0 Å². The number of para-hydroxylation sites is 1. The molecular formula is C24H25N3OS. The lowest BCUT2D eigenvalue weighted by Gasteiger charge is -2.43. The molecule has 0 saturated carbocycles. The number of benzene rings is 2. The number of thiophene rings is 1. The van der Waals surface area contributed by atoms with E-state index in [1.165, 1.54) is 16.7 Å². The zero-order valence-electron chi connectivity index (χ0n) is 16.4. The molecule has 1 N–H and O–H groups in total. The van der Waals surface area contributed by atoms with E-state index in [-0.39, 0.29) is 5.91 Å². The molecule has 0 atom stereocenters. The summed E-state index contributed by atoms with van der Waals surface area (Å²) in [5.74, 6) is 0.180. The number of rotatable bonds is 4. The number of hydrogen-bond donors (Lipinski definition) is 1. The Kier molecular flexibility index (Phi) is 4.86. The Morgan fingerprint density at radius 3 is 2.48 bits per heavy atom. The van der Waals surface area contributed by atoms with Crippen molar-refractivity contribution in [3.05, 3.63) is 77.0 Å². The summed E-state index contributed by atoms with van der Waals surface area (Å²) in [6.45, 7) is 3.38. The molecule has 2 aromatic carbocycles. The first-order valence-corrected chi connectivity index (χ1v) is 11.1. The summed E-state index contributed by atoms with van der Waals surface area (Å²) in [6, 6.07) is 21.2. The Hall–Kier alpha value is -2.63. The predicted molar refractivity (Wildman–Crippen MR) is 119 cm³/mol. The second kappa shape index (κ2) is 7.65. The van der Waals surface area contributed by atoms with E-state index < -0.39 is 5.54 Å². The Bertz CT molecular complexity index is 978. The maximum Gasteiger partial charge on any atom is 0.247 e. The molecule has 2 saturated heterocycles. The van der Waals surface area contributed by atoms with Gasteiger partial charge in [-0.05, 0) is 58.5 Å². The highest BCUT2D eigenvalue weighted by atomic mass is 32.1. The van der Waals surface area contributed by atoms with Crippen LogP contribution in [0.3, 0.4) is 0 Å². The van der Waals surface area contributed by atoms with Crippen LogP contribution in [-0.4, -0.2) is 36.1 Å². The molecule has 0 unspecified atom stereocenters. The van der Waals surface area contributed by atoms with Crippen LogP contribution in [0.25, 0.3) is 11.1 Å². The van der Waals surface area contributed by atoms with Crippen molar-refractivity contribution in [3.63, 3.8) is 0 Å². The first kappa shape index (κ1) is 18.4. The van der Waals surface area contributed by atoms with Crippen molar-refractivity contribution in [1.82, 2.24) is 10.2 Å². The van der Waals surface area contributed by atoms with E-state index in [2.05, 4.69) is 68.3 Å². The number of carbonyl (C=O) groups excluding carboxylic acids is 1. The fraction of sp³-hybridized carbons (Fsp3) is 0.292. The van der Waals surface area contributed by atoms with Crippen molar-refractivity contribution in [3.8, 4) is 11.1 Å². The second-order valence-electron chi connectivity index (χ2n) is 7.90. The molecule has 0 radical (unpaired) electrons. The maximum atomic E-state index is 12.8. The molecule has 29 heavy (non-hydrogen) atoms. The van der Waals surface area contributed by atoms with Gasteiger partial charge in [0.25, 0.3) is 0 Å². The van der Waals surface area contributed by atoms with E-state index in [1.807, 2.05) is 18.2 Å². The molecule has 2 aliphatic heterocycles. The van der Waals surface area contributed by atoms with Crippen LogP contribution in [0.2, 0.25) is 0 Å². The molecule has 0 aliphatic carbocycles. The Balaban J connectivity index is 1.33. The van der Waals surface area contributed by atoms with Gasteiger partial charge in [0, 0.05) is 25.3 Å². The van der Waals surface area contributed by atoms with E-state index in [4.69, 9.17) is 0 Å². The van der Waals surface area contributed by atoms with Crippen molar-refractivity contribution < 1.29 is 4.79 Å². The van der Waals surface area contributed by atoms with Crippen LogP contribution in [-0.2, 0) is 11.3 Å². The van der Waals surface area contributed by atoms with Crippen LogP contribution < -0.4 is 10.2 Å². The molecular weight excluding hydrogens is 378 g/mol. The zero-order valence-corrected chi connectivity index (χ0v) is 17.2. The summed E-state index contributed by atoms with van der Waals surface area (Å²) in [5.41, 5.74) is 4.69. The highest BCUT2D eigenvalue weighted by molar-refractivity contribution is 7.08. The van der Waals surface area contributed by atoms with E-state index in [9.17, 15) is 4.79 Å². The molecule has 3 aromatic rings. The monoisotopic (exact) mass is 403 g/mol. The smallest absolute Gasteiger partial charge is 0.247 e. The number of nitrogens with one attached hydrogen (secondary N) is 1. The second-order valence-corrected chi connectivity index (χ2v) is 8.68. The van der Waals surface area contributed by atoms with Gasteiger partial charge in [-0.1, -0.05) is 42.5 Å². The Morgan fingerprint density at radius 2 is 1.72 bits per heavy atom. The number of anilines is 1. The number of amides is 1. The van der Waals surface area contributed by atoms with Gasteiger partial charge < -0.3 is 10.2 Å². The van der Waals surface area contributed by atoms with Crippen molar-refractivity contribution in [2.24, 2.45) is 0 Å². The van der Waals surface area contributed by atoms with Gasteiger partial charge in [0.2, 0.25) is 5.91 Å². The van der Waals surface area contributed by atoms with Crippen LogP contribution in [0.15, 0.2) is 71.4 Å². The van der Waals surface area contributed by atoms with Gasteiger partial charge in [-0.25, -0.2) is 0 Å². The molecule has 1 amide bonds. The molecule has 5 heteroatoms. The zero-order chi connectivity index (χ0) is 19.7. The van der Waals surface area contributed by atoms with Crippen LogP contribution in [0.1, 0.15) is 18.4 Å². The third-order valence-electron chi connectivity index (χ3n) is 6.33. The Labute approximate surface area is 175 Å². The van der Waals surface area contributed by atoms with E-state index in [0.29, 0.717) is 6.67 Å². The van der Waals surface area contributed by atoms with Crippen LogP contribution >= 0.6 is 11.3 Å². The molecule has 148 valence electrons. The van der Waals surface area contributed by atoms with Crippen molar-refractivity contribution in [1.29, 1.82) is 0 Å². The molecule has 3 heterocycles. The lowest BCUT2D eigenvalue weighted by Crippen LogP contribution is -2.56. The van der Waals surface area contributed by atoms with Gasteiger partial charge in [-0.15, -0.1) is 0 Å². The van der Waals surface area contributed by atoms with Crippen LogP contribution in [0.4, 0.5) is 5.69 Å². The molecule has 2 fully saturated rings. The summed E-state index contributed by atoms with van der Waals surface area (Å²) in [4.78, 5) is 17.6. The van der Waals surface area contributed by atoms with Crippen LogP contribution in [0, 0.1) is 0 Å². The normalized spacial score (nSPS) is 18.9. The first-order chi connectivity index (χ1) is 14.3. The lowest BCUT2D eigenvalue weighted by atomic mass is 9.85. The minimum Gasteiger partial charge on any atom is -0.339 e. The molecule has 2 aliphatic rings. The number of piperidine rings is 1. The topological polar surface area (TPSA) is 35.6 Å². The Morgan fingerprint density at radius 1 is 0.966 bits per heavy atom. The largest absolute Gasteiger partial charge is 0.339 e. The lowest BCUT2D eigenvalue weighted by molar-refractivity contribution is -0.125. The average Bonchev–Trinajstić information content (AvgIpc) is 3.40. The predicted octanol–water partition coefficient (Wildman–Crippen LogP) is 4.34. The van der Waals surface area contributed by atoms with E-state index in [1.54, 1.807) is 11.3 Å². The number of carbonyl (C=O) groups is 1. The number of hydrogen-bond acceptors (Lipinski definition) is 4. The fourth-order valence-corrected chi connectivity index (χ4v) is 5.37. The number of likely N-dealkylation sites (tertiary alicyclic amines) is 1. The molecule has 1 aromatic heterocycles. The summed E-state index contributed by atoms with van der Waals surface area (Å²) in [5, 5.41) is 7.44. The summed E-state index contributed by atoms with van der Waals surface area (Å²) in [7, 11) is 0. The fourth-order valence-electron chi connectivity index (χ4n) is 4.71. The van der Waals surface area contributed by atoms with Gasteiger partial charge in [0.05, 0.1) is 6.67 Å². The SMILES string of the molecule is O=C1NCN(c2ccccc2)C12CCN(Cc1ccccc1-c1ccsc1)CC2. The van der Waals surface area contributed by atoms with Crippen LogP contribution in [0.5, 0.6) is 0 Å². The van der Waals surface area contributed by atoms with Gasteiger partial charge in [-0.3, -0.25) is 9.69 Å². The van der Waals surface area contributed by atoms with Gasteiger partial charge in [-0.2, -0.15) is 11.3 Å². The molecule has 0 bridgehead atoms. The summed E-state index contributed by atoms with van der Waals surface area (Å²) >= 11 is 1.74. The van der Waals surface area contributed by atoms with Crippen molar-refractivity contribution in [2.75, 3.05) is 24.7 Å². The first-order valence-electron chi connectivity index (χ1n) is 10.2. The minimum absolute atomic E-state index is 0.180. The third-order valence-corrected chi connectivity index (χ3v) is 7.01. The molecule has 4 nitrogen and oxygen atoms in total. The summed E-state index contributed by atoms with van der Waals surface area (Å²) in [6.07, 6.45) is 1.71. The maximum absolute atomic E-state index is 12.8. The average molecular weight is 404 g/mol. The molecule has 1 spiro atoms. The highest BCUT2D eigenvalue weighted by Crippen LogP contribution is 2.37. The quantitative estimate of drug-likeness (QED) is 0.704. The third kappa shape index (κ3) is 3.34. The van der Waals surface area contributed by atoms with E-state index in [0.717, 1.165) is 38.2 Å². The van der Waals surface area contributed by atoms with Gasteiger partial charge in [0.1, 0.15) is 5.54 Å². The molecule has 5 rings (SSSR count). The standard InChI is InChI=1S/C24H25N3OS/c28-23-24(27(18-25-23)21-7-2-1-3-8-21)11-13-26(14-12-24)16-19-6-4-5-9-22(19)20-10-15-29-17-20/h1-10,15,17H,11-14,16,18H2,(H,25,28). The van der Waals surface area contributed by atoms with Gasteiger partial charge >= 0.3 is 0 Å². The highest BCUT2D eigenvalue weighted by Gasteiger charge is 2.50. The number of nitrogens with zero attached hydrogens (tertiary/aromatic N) is 2. The van der Waals surface area contributed by atoms with Crippen molar-refractivity contribution >= 4 is 22.9 Å². The minimum atomic E-state index is -0.412.